The van der Waals surface area contributed by atoms with Gasteiger partial charge >= 0.3 is 5.63 Å². The van der Waals surface area contributed by atoms with E-state index in [0.717, 1.165) is 18.7 Å². The molecule has 7 heteroatoms. The fourth-order valence-corrected chi connectivity index (χ4v) is 3.40. The van der Waals surface area contributed by atoms with Crippen molar-refractivity contribution in [1.29, 1.82) is 0 Å². The molecule has 0 radical (unpaired) electrons. The van der Waals surface area contributed by atoms with Gasteiger partial charge in [-0.15, -0.1) is 0 Å². The van der Waals surface area contributed by atoms with Crippen LogP contribution in [0.4, 0.5) is 4.39 Å². The second-order valence-corrected chi connectivity index (χ2v) is 6.45. The number of hydrogen-bond acceptors (Lipinski definition) is 5. The highest BCUT2D eigenvalue weighted by Crippen LogP contribution is 2.33. The van der Waals surface area contributed by atoms with E-state index >= 15 is 0 Å². The lowest BCUT2D eigenvalue weighted by atomic mass is 10.0. The van der Waals surface area contributed by atoms with Gasteiger partial charge in [0.05, 0.1) is 24.5 Å². The van der Waals surface area contributed by atoms with E-state index in [9.17, 15) is 9.18 Å². The van der Waals surface area contributed by atoms with Crippen molar-refractivity contribution in [3.63, 3.8) is 0 Å². The molecule has 3 heterocycles. The SMILES string of the molecule is CC(N1CCOCC1)n1oc(=O)c(-c2ccc(F)cc2)c1-c1ccncc1. The summed E-state index contributed by atoms with van der Waals surface area (Å²) in [6.07, 6.45) is 3.18. The van der Waals surface area contributed by atoms with Crippen LogP contribution in [0.15, 0.2) is 58.1 Å². The second-order valence-electron chi connectivity index (χ2n) is 6.45. The van der Waals surface area contributed by atoms with Crippen LogP contribution >= 0.6 is 0 Å². The molecule has 3 aromatic rings. The molecule has 0 spiro atoms. The van der Waals surface area contributed by atoms with E-state index in [1.165, 1.54) is 12.1 Å². The lowest BCUT2D eigenvalue weighted by molar-refractivity contribution is -0.0181. The maximum Gasteiger partial charge on any atom is 0.366 e. The van der Waals surface area contributed by atoms with Gasteiger partial charge in [0.1, 0.15) is 12.0 Å². The number of nitrogens with zero attached hydrogens (tertiary/aromatic N) is 3. The van der Waals surface area contributed by atoms with Crippen LogP contribution < -0.4 is 5.63 Å². The topological polar surface area (TPSA) is 60.5 Å². The fraction of sp³-hybridized carbons (Fsp3) is 0.300. The van der Waals surface area contributed by atoms with Crippen LogP contribution in [0.2, 0.25) is 0 Å². The minimum Gasteiger partial charge on any atom is -0.379 e. The molecular formula is C20H20FN3O3. The number of halogens is 1. The average Bonchev–Trinajstić information content (AvgIpc) is 3.06. The van der Waals surface area contributed by atoms with Crippen molar-refractivity contribution >= 4 is 0 Å². The molecule has 1 aromatic carbocycles. The third-order valence-electron chi connectivity index (χ3n) is 4.84. The molecule has 1 aliphatic heterocycles. The van der Waals surface area contributed by atoms with E-state index in [4.69, 9.17) is 9.26 Å². The summed E-state index contributed by atoms with van der Waals surface area (Å²) >= 11 is 0. The van der Waals surface area contributed by atoms with E-state index in [-0.39, 0.29) is 12.0 Å². The molecule has 1 aliphatic rings. The van der Waals surface area contributed by atoms with Crippen LogP contribution in [-0.2, 0) is 4.74 Å². The normalized spacial score (nSPS) is 16.4. The van der Waals surface area contributed by atoms with Crippen LogP contribution in [0, 0.1) is 5.82 Å². The van der Waals surface area contributed by atoms with Crippen LogP contribution in [0.25, 0.3) is 22.4 Å². The molecule has 27 heavy (non-hydrogen) atoms. The molecule has 140 valence electrons. The van der Waals surface area contributed by atoms with Crippen molar-refractivity contribution in [3.8, 4) is 22.4 Å². The lowest BCUT2D eigenvalue weighted by Crippen LogP contribution is -2.40. The van der Waals surface area contributed by atoms with Crippen molar-refractivity contribution < 1.29 is 13.7 Å². The number of morpholine rings is 1. The largest absolute Gasteiger partial charge is 0.379 e. The lowest BCUT2D eigenvalue weighted by Gasteiger charge is -2.32. The predicted octanol–water partition coefficient (Wildman–Crippen LogP) is 3.16. The standard InChI is InChI=1S/C20H20FN3O3/c1-14(23-10-12-26-13-11-23)24-19(16-6-8-22-9-7-16)18(20(25)27-24)15-2-4-17(21)5-3-15/h2-9,14H,10-13H2,1H3. The van der Waals surface area contributed by atoms with Crippen molar-refractivity contribution in [2.24, 2.45) is 0 Å². The maximum atomic E-state index is 13.4. The first-order valence-corrected chi connectivity index (χ1v) is 8.89. The molecule has 1 atom stereocenters. The van der Waals surface area contributed by atoms with Crippen LogP contribution in [0.1, 0.15) is 13.1 Å². The summed E-state index contributed by atoms with van der Waals surface area (Å²) in [5.74, 6) is -0.352. The summed E-state index contributed by atoms with van der Waals surface area (Å²) in [4.78, 5) is 19.0. The number of ether oxygens (including phenoxy) is 1. The first-order valence-electron chi connectivity index (χ1n) is 8.89. The molecule has 1 fully saturated rings. The Morgan fingerprint density at radius 1 is 1.04 bits per heavy atom. The summed E-state index contributed by atoms with van der Waals surface area (Å²) in [6, 6.07) is 9.54. The van der Waals surface area contributed by atoms with Gasteiger partial charge in [0.15, 0.2) is 0 Å². The van der Waals surface area contributed by atoms with Crippen LogP contribution in [-0.4, -0.2) is 40.9 Å². The van der Waals surface area contributed by atoms with Crippen molar-refractivity contribution in [1.82, 2.24) is 14.6 Å². The molecule has 2 aromatic heterocycles. The minimum atomic E-state index is -0.450. The summed E-state index contributed by atoms with van der Waals surface area (Å²) in [5, 5.41) is 0. The zero-order valence-electron chi connectivity index (χ0n) is 15.0. The van der Waals surface area contributed by atoms with Crippen molar-refractivity contribution in [2.45, 2.75) is 13.1 Å². The molecule has 0 saturated carbocycles. The van der Waals surface area contributed by atoms with Gasteiger partial charge in [0.2, 0.25) is 0 Å². The summed E-state index contributed by atoms with van der Waals surface area (Å²) in [6.45, 7) is 4.79. The monoisotopic (exact) mass is 369 g/mol. The fourth-order valence-electron chi connectivity index (χ4n) is 3.40. The van der Waals surface area contributed by atoms with E-state index in [1.54, 1.807) is 29.3 Å². The number of benzene rings is 1. The molecule has 1 unspecified atom stereocenters. The smallest absolute Gasteiger partial charge is 0.366 e. The van der Waals surface area contributed by atoms with Gasteiger partial charge in [-0.05, 0) is 36.8 Å². The third-order valence-corrected chi connectivity index (χ3v) is 4.84. The Labute approximate surface area is 155 Å². The maximum absolute atomic E-state index is 13.4. The molecule has 0 amide bonds. The first kappa shape index (κ1) is 17.6. The van der Waals surface area contributed by atoms with Crippen molar-refractivity contribution in [2.75, 3.05) is 26.3 Å². The van der Waals surface area contributed by atoms with Crippen LogP contribution in [0.3, 0.4) is 0 Å². The Balaban J connectivity index is 1.88. The third kappa shape index (κ3) is 3.43. The van der Waals surface area contributed by atoms with Gasteiger partial charge in [0.25, 0.3) is 0 Å². The average molecular weight is 369 g/mol. The highest BCUT2D eigenvalue weighted by molar-refractivity contribution is 5.80. The van der Waals surface area contributed by atoms with Gasteiger partial charge in [-0.1, -0.05) is 12.1 Å². The first-order chi connectivity index (χ1) is 13.1. The molecular weight excluding hydrogens is 349 g/mol. The highest BCUT2D eigenvalue weighted by Gasteiger charge is 2.27. The Hall–Kier alpha value is -2.77. The van der Waals surface area contributed by atoms with E-state index in [0.29, 0.717) is 30.0 Å². The zero-order chi connectivity index (χ0) is 18.8. The number of rotatable bonds is 4. The quantitative estimate of drug-likeness (QED) is 0.707. The Kier molecular flexibility index (Phi) is 4.87. The van der Waals surface area contributed by atoms with Gasteiger partial charge in [-0.25, -0.2) is 9.18 Å². The summed E-state index contributed by atoms with van der Waals surface area (Å²) < 4.78 is 26.1. The molecule has 0 N–H and O–H groups in total. The molecule has 0 bridgehead atoms. The van der Waals surface area contributed by atoms with Gasteiger partial charge in [-0.2, -0.15) is 4.74 Å². The molecule has 4 rings (SSSR count). The number of hydrogen-bond donors (Lipinski definition) is 0. The van der Waals surface area contributed by atoms with Gasteiger partial charge < -0.3 is 9.26 Å². The van der Waals surface area contributed by atoms with E-state index < -0.39 is 5.63 Å². The summed E-state index contributed by atoms with van der Waals surface area (Å²) in [5.41, 5.74) is 2.06. The Morgan fingerprint density at radius 2 is 1.70 bits per heavy atom. The minimum absolute atomic E-state index is 0.168. The highest BCUT2D eigenvalue weighted by atomic mass is 19.1. The Bertz CT molecular complexity index is 960. The molecule has 6 nitrogen and oxygen atoms in total. The van der Waals surface area contributed by atoms with Crippen molar-refractivity contribution in [3.05, 3.63) is 65.0 Å². The Morgan fingerprint density at radius 3 is 2.37 bits per heavy atom. The zero-order valence-corrected chi connectivity index (χ0v) is 15.0. The predicted molar refractivity (Wildman–Crippen MR) is 98.7 cm³/mol. The number of aromatic nitrogens is 2. The van der Waals surface area contributed by atoms with Gasteiger partial charge in [0, 0.05) is 31.0 Å². The van der Waals surface area contributed by atoms with E-state index in [1.807, 2.05) is 19.1 Å². The molecule has 1 saturated heterocycles. The molecule has 0 aliphatic carbocycles. The van der Waals surface area contributed by atoms with Gasteiger partial charge in [-0.3, -0.25) is 9.88 Å². The number of pyridine rings is 1. The second kappa shape index (κ2) is 7.46. The summed E-state index contributed by atoms with van der Waals surface area (Å²) in [7, 11) is 0. The van der Waals surface area contributed by atoms with Crippen LogP contribution in [0.5, 0.6) is 0 Å². The van der Waals surface area contributed by atoms with E-state index in [2.05, 4.69) is 9.88 Å².